The number of hydrogen-bond donors (Lipinski definition) is 1. The van der Waals surface area contributed by atoms with Crippen molar-refractivity contribution in [3.8, 4) is 0 Å². The van der Waals surface area contributed by atoms with E-state index in [1.165, 1.54) is 18.9 Å². The van der Waals surface area contributed by atoms with Crippen molar-refractivity contribution in [1.82, 2.24) is 5.32 Å². The van der Waals surface area contributed by atoms with Gasteiger partial charge in [0.1, 0.15) is 5.82 Å². The molecule has 1 aliphatic heterocycles. The molecule has 2 aliphatic rings. The molecule has 1 spiro atoms. The van der Waals surface area contributed by atoms with E-state index >= 15 is 0 Å². The molecule has 1 aromatic carbocycles. The van der Waals surface area contributed by atoms with E-state index in [2.05, 4.69) is 5.32 Å². The lowest BCUT2D eigenvalue weighted by Gasteiger charge is -2.43. The smallest absolute Gasteiger partial charge is 0.150 e. The van der Waals surface area contributed by atoms with Crippen LogP contribution in [0.15, 0.2) is 12.1 Å². The second kappa shape index (κ2) is 4.91. The summed E-state index contributed by atoms with van der Waals surface area (Å²) in [6.07, 6.45) is 4.65. The first-order valence-electron chi connectivity index (χ1n) is 6.74. The molecule has 0 aromatic heterocycles. The monoisotopic (exact) mass is 286 g/mol. The van der Waals surface area contributed by atoms with Crippen LogP contribution in [0.4, 0.5) is 14.5 Å². The third-order valence-electron chi connectivity index (χ3n) is 4.23. The average molecular weight is 287 g/mol. The lowest BCUT2D eigenvalue weighted by molar-refractivity contribution is 0.302. The van der Waals surface area contributed by atoms with E-state index in [0.717, 1.165) is 32.0 Å². The number of piperazine rings is 1. The molecule has 1 N–H and O–H groups in total. The summed E-state index contributed by atoms with van der Waals surface area (Å²) in [5.74, 6) is -1.20. The molecular formula is C14H17ClF2N2. The van der Waals surface area contributed by atoms with Crippen molar-refractivity contribution < 1.29 is 8.78 Å². The summed E-state index contributed by atoms with van der Waals surface area (Å²) in [5.41, 5.74) is 0.429. The highest BCUT2D eigenvalue weighted by molar-refractivity contribution is 6.33. The molecule has 0 amide bonds. The number of anilines is 1. The molecule has 1 heterocycles. The van der Waals surface area contributed by atoms with Gasteiger partial charge in [-0.1, -0.05) is 24.4 Å². The van der Waals surface area contributed by atoms with Crippen molar-refractivity contribution >= 4 is 17.3 Å². The maximum Gasteiger partial charge on any atom is 0.150 e. The number of nitrogens with zero attached hydrogens (tertiary/aromatic N) is 1. The fraction of sp³-hybridized carbons (Fsp3) is 0.571. The fourth-order valence-electron chi connectivity index (χ4n) is 3.37. The Hall–Kier alpha value is -0.870. The van der Waals surface area contributed by atoms with Crippen LogP contribution in [0.1, 0.15) is 25.7 Å². The molecule has 5 heteroatoms. The summed E-state index contributed by atoms with van der Waals surface area (Å²) in [7, 11) is 0. The molecule has 104 valence electrons. The second-order valence-electron chi connectivity index (χ2n) is 5.55. The van der Waals surface area contributed by atoms with E-state index in [-0.39, 0.29) is 10.6 Å². The number of halogens is 3. The van der Waals surface area contributed by atoms with Gasteiger partial charge in [-0.3, -0.25) is 0 Å². The van der Waals surface area contributed by atoms with E-state index in [0.29, 0.717) is 12.2 Å². The predicted molar refractivity (Wildman–Crippen MR) is 72.8 cm³/mol. The van der Waals surface area contributed by atoms with Crippen LogP contribution in [-0.4, -0.2) is 25.2 Å². The molecule has 3 rings (SSSR count). The van der Waals surface area contributed by atoms with Crippen LogP contribution >= 0.6 is 11.6 Å². The lowest BCUT2D eigenvalue weighted by Crippen LogP contribution is -2.59. The van der Waals surface area contributed by atoms with Crippen molar-refractivity contribution in [1.29, 1.82) is 0 Å². The first-order chi connectivity index (χ1) is 9.10. The SMILES string of the molecule is Fc1cc(F)c(N2CCNC3(CCCC3)C2)c(Cl)c1. The number of benzene rings is 1. The molecule has 0 bridgehead atoms. The normalized spacial score (nSPS) is 22.2. The Morgan fingerprint density at radius 1 is 1.21 bits per heavy atom. The molecule has 0 unspecified atom stereocenters. The van der Waals surface area contributed by atoms with Crippen molar-refractivity contribution in [3.63, 3.8) is 0 Å². The third kappa shape index (κ3) is 2.43. The molecule has 1 saturated heterocycles. The van der Waals surface area contributed by atoms with Gasteiger partial charge in [0.25, 0.3) is 0 Å². The second-order valence-corrected chi connectivity index (χ2v) is 5.96. The van der Waals surface area contributed by atoms with E-state index in [1.54, 1.807) is 0 Å². The van der Waals surface area contributed by atoms with Crippen LogP contribution in [0, 0.1) is 11.6 Å². The zero-order chi connectivity index (χ0) is 13.5. The molecular weight excluding hydrogens is 270 g/mol. The van der Waals surface area contributed by atoms with Gasteiger partial charge in [-0.2, -0.15) is 0 Å². The number of nitrogens with one attached hydrogen (secondary N) is 1. The van der Waals surface area contributed by atoms with Gasteiger partial charge in [-0.25, -0.2) is 8.78 Å². The van der Waals surface area contributed by atoms with Gasteiger partial charge in [0.2, 0.25) is 0 Å². The van der Waals surface area contributed by atoms with E-state index in [9.17, 15) is 8.78 Å². The van der Waals surface area contributed by atoms with Crippen LogP contribution in [0.5, 0.6) is 0 Å². The van der Waals surface area contributed by atoms with Crippen LogP contribution in [-0.2, 0) is 0 Å². The van der Waals surface area contributed by atoms with Crippen LogP contribution in [0.2, 0.25) is 5.02 Å². The Labute approximate surface area is 116 Å². The summed E-state index contributed by atoms with van der Waals surface area (Å²) in [5, 5.41) is 3.72. The molecule has 1 aliphatic carbocycles. The summed E-state index contributed by atoms with van der Waals surface area (Å²) in [6.45, 7) is 2.26. The summed E-state index contributed by atoms with van der Waals surface area (Å²) in [6, 6.07) is 2.09. The van der Waals surface area contributed by atoms with E-state index in [1.807, 2.05) is 4.90 Å². The number of hydrogen-bond acceptors (Lipinski definition) is 2. The maximum absolute atomic E-state index is 14.0. The Bertz CT molecular complexity index is 463. The highest BCUT2D eigenvalue weighted by atomic mass is 35.5. The summed E-state index contributed by atoms with van der Waals surface area (Å²) >= 11 is 6.02. The van der Waals surface area contributed by atoms with Gasteiger partial charge in [-0.15, -0.1) is 0 Å². The van der Waals surface area contributed by atoms with Crippen molar-refractivity contribution in [2.24, 2.45) is 0 Å². The fourth-order valence-corrected chi connectivity index (χ4v) is 3.68. The van der Waals surface area contributed by atoms with Crippen LogP contribution in [0.3, 0.4) is 0 Å². The van der Waals surface area contributed by atoms with E-state index < -0.39 is 11.6 Å². The van der Waals surface area contributed by atoms with Gasteiger partial charge >= 0.3 is 0 Å². The average Bonchev–Trinajstić information content (AvgIpc) is 2.76. The first-order valence-corrected chi connectivity index (χ1v) is 7.12. The summed E-state index contributed by atoms with van der Waals surface area (Å²) in [4.78, 5) is 1.96. The van der Waals surface area contributed by atoms with Crippen LogP contribution in [0.25, 0.3) is 0 Å². The molecule has 0 radical (unpaired) electrons. The quantitative estimate of drug-likeness (QED) is 0.852. The predicted octanol–water partition coefficient (Wildman–Crippen LogP) is 3.34. The molecule has 1 saturated carbocycles. The highest BCUT2D eigenvalue weighted by Crippen LogP contribution is 2.36. The van der Waals surface area contributed by atoms with Gasteiger partial charge in [0.05, 0.1) is 10.7 Å². The molecule has 19 heavy (non-hydrogen) atoms. The van der Waals surface area contributed by atoms with Crippen molar-refractivity contribution in [2.45, 2.75) is 31.2 Å². The summed E-state index contributed by atoms with van der Waals surface area (Å²) < 4.78 is 27.1. The molecule has 1 aromatic rings. The molecule has 0 atom stereocenters. The van der Waals surface area contributed by atoms with Gasteiger partial charge < -0.3 is 10.2 Å². The Morgan fingerprint density at radius 3 is 2.63 bits per heavy atom. The van der Waals surface area contributed by atoms with Crippen molar-refractivity contribution in [3.05, 3.63) is 28.8 Å². The van der Waals surface area contributed by atoms with E-state index in [4.69, 9.17) is 11.6 Å². The molecule has 2 fully saturated rings. The third-order valence-corrected chi connectivity index (χ3v) is 4.52. The Kier molecular flexibility index (Phi) is 3.39. The topological polar surface area (TPSA) is 15.3 Å². The first kappa shape index (κ1) is 13.1. The zero-order valence-corrected chi connectivity index (χ0v) is 11.4. The lowest BCUT2D eigenvalue weighted by atomic mass is 9.94. The Balaban J connectivity index is 1.90. The van der Waals surface area contributed by atoms with Crippen molar-refractivity contribution in [2.75, 3.05) is 24.5 Å². The van der Waals surface area contributed by atoms with Gasteiger partial charge in [-0.05, 0) is 18.9 Å². The highest BCUT2D eigenvalue weighted by Gasteiger charge is 2.38. The van der Waals surface area contributed by atoms with Gasteiger partial charge in [0.15, 0.2) is 5.82 Å². The van der Waals surface area contributed by atoms with Crippen LogP contribution < -0.4 is 10.2 Å². The standard InChI is InChI=1S/C14H17ClF2N2/c15-11-7-10(16)8-12(17)13(11)19-6-5-18-14(9-19)3-1-2-4-14/h7-8,18H,1-6,9H2. The largest absolute Gasteiger partial charge is 0.365 e. The molecule has 2 nitrogen and oxygen atoms in total. The minimum absolute atomic E-state index is 0.0857. The Morgan fingerprint density at radius 2 is 1.95 bits per heavy atom. The van der Waals surface area contributed by atoms with Gasteiger partial charge in [0, 0.05) is 31.2 Å². The zero-order valence-electron chi connectivity index (χ0n) is 10.7. The minimum Gasteiger partial charge on any atom is -0.365 e. The minimum atomic E-state index is -0.628. The maximum atomic E-state index is 14.0. The number of rotatable bonds is 1.